The van der Waals surface area contributed by atoms with Crippen LogP contribution in [0.4, 0.5) is 0 Å². The highest BCUT2D eigenvalue weighted by molar-refractivity contribution is 4.93. The first-order valence-corrected chi connectivity index (χ1v) is 3.99. The van der Waals surface area contributed by atoms with Crippen molar-refractivity contribution in [2.24, 2.45) is 0 Å². The quantitative estimate of drug-likeness (QED) is 0.604. The zero-order chi connectivity index (χ0) is 9.28. The van der Waals surface area contributed by atoms with E-state index in [1.54, 1.807) is 0 Å². The van der Waals surface area contributed by atoms with E-state index < -0.39 is 6.10 Å². The highest BCUT2D eigenvalue weighted by Crippen LogP contribution is 1.94. The molecule has 0 saturated carbocycles. The Hall–Kier alpha value is -0.340. The van der Waals surface area contributed by atoms with E-state index >= 15 is 0 Å². The van der Waals surface area contributed by atoms with Gasteiger partial charge in [0.15, 0.2) is 0 Å². The molecule has 0 aliphatic heterocycles. The van der Waals surface area contributed by atoms with E-state index in [2.05, 4.69) is 26.8 Å². The van der Waals surface area contributed by atoms with Gasteiger partial charge in [0.2, 0.25) is 0 Å². The van der Waals surface area contributed by atoms with Crippen molar-refractivity contribution < 1.29 is 10.2 Å². The van der Waals surface area contributed by atoms with Crippen LogP contribution in [0.3, 0.4) is 0 Å². The first-order chi connectivity index (χ1) is 5.08. The van der Waals surface area contributed by atoms with Crippen LogP contribution in [0.1, 0.15) is 34.1 Å². The lowest BCUT2D eigenvalue weighted by Crippen LogP contribution is -2.03. The van der Waals surface area contributed by atoms with Crippen molar-refractivity contribution in [1.82, 2.24) is 0 Å². The summed E-state index contributed by atoms with van der Waals surface area (Å²) < 4.78 is 0. The van der Waals surface area contributed by atoms with E-state index in [1.165, 1.54) is 18.9 Å². The van der Waals surface area contributed by atoms with Crippen LogP contribution in [0.25, 0.3) is 0 Å². The third-order valence-electron chi connectivity index (χ3n) is 1.31. The molecule has 1 unspecified atom stereocenters. The maximum atomic E-state index is 8.11. The summed E-state index contributed by atoms with van der Waals surface area (Å²) in [4.78, 5) is 0. The number of hydrogen-bond donors (Lipinski definition) is 2. The van der Waals surface area contributed by atoms with E-state index in [4.69, 9.17) is 10.2 Å². The van der Waals surface area contributed by atoms with Gasteiger partial charge in [0.05, 0.1) is 12.7 Å². The van der Waals surface area contributed by atoms with Gasteiger partial charge in [-0.25, -0.2) is 0 Å². The molecule has 0 fully saturated rings. The fourth-order valence-corrected chi connectivity index (χ4v) is 0.204. The number of aliphatic hydroxyl groups excluding tert-OH is 2. The molecule has 2 heteroatoms. The summed E-state index contributed by atoms with van der Waals surface area (Å²) in [7, 11) is 0. The molecular formula is C9H20O2. The molecule has 0 aromatic rings. The molecule has 0 aromatic carbocycles. The highest BCUT2D eigenvalue weighted by Gasteiger charge is 1.83. The Balaban J connectivity index is 0. The smallest absolute Gasteiger partial charge is 0.0742 e. The third-order valence-corrected chi connectivity index (χ3v) is 1.31. The summed E-state index contributed by atoms with van der Waals surface area (Å²) in [6, 6.07) is 0. The molecule has 68 valence electrons. The minimum absolute atomic E-state index is 0.139. The summed E-state index contributed by atoms with van der Waals surface area (Å²) in [5.74, 6) is 0. The Morgan fingerprint density at radius 3 is 1.91 bits per heavy atom. The lowest BCUT2D eigenvalue weighted by molar-refractivity contribution is 0.110. The molecule has 1 atom stereocenters. The van der Waals surface area contributed by atoms with Crippen molar-refractivity contribution in [3.05, 3.63) is 11.6 Å². The zero-order valence-corrected chi connectivity index (χ0v) is 7.96. The molecule has 11 heavy (non-hydrogen) atoms. The van der Waals surface area contributed by atoms with Gasteiger partial charge in [0, 0.05) is 0 Å². The summed E-state index contributed by atoms with van der Waals surface area (Å²) >= 11 is 0. The van der Waals surface area contributed by atoms with Gasteiger partial charge in [-0.1, -0.05) is 18.6 Å². The Morgan fingerprint density at radius 2 is 1.91 bits per heavy atom. The van der Waals surface area contributed by atoms with Gasteiger partial charge in [-0.3, -0.25) is 0 Å². The molecular weight excluding hydrogens is 140 g/mol. The average molecular weight is 160 g/mol. The average Bonchev–Trinajstić information content (AvgIpc) is 2.04. The normalized spacial score (nSPS) is 13.5. The summed E-state index contributed by atoms with van der Waals surface area (Å²) in [6.07, 6.45) is 2.77. The highest BCUT2D eigenvalue weighted by atomic mass is 16.3. The minimum Gasteiger partial charge on any atom is -0.394 e. The van der Waals surface area contributed by atoms with Crippen molar-refractivity contribution in [2.45, 2.75) is 40.2 Å². The van der Waals surface area contributed by atoms with Gasteiger partial charge in [-0.05, 0) is 27.2 Å². The maximum Gasteiger partial charge on any atom is 0.0742 e. The van der Waals surface area contributed by atoms with Crippen molar-refractivity contribution in [3.8, 4) is 0 Å². The molecule has 2 N–H and O–H groups in total. The van der Waals surface area contributed by atoms with E-state index in [0.29, 0.717) is 0 Å². The lowest BCUT2D eigenvalue weighted by atomic mass is 10.2. The van der Waals surface area contributed by atoms with Crippen LogP contribution >= 0.6 is 0 Å². The minimum atomic E-state index is -0.560. The number of aliphatic hydroxyl groups is 2. The van der Waals surface area contributed by atoms with Crippen LogP contribution in [0, 0.1) is 0 Å². The van der Waals surface area contributed by atoms with Crippen molar-refractivity contribution in [2.75, 3.05) is 6.61 Å². The molecule has 0 rings (SSSR count). The summed E-state index contributed by atoms with van der Waals surface area (Å²) in [6.45, 7) is 7.76. The standard InChI is InChI=1S/C6H12.C3H8O2/c1-4-6(3)5-2;1-3(5)2-4/h4H,5H2,1-3H3;3-5H,2H2,1H3. The molecule has 0 aromatic heterocycles. The lowest BCUT2D eigenvalue weighted by Gasteiger charge is -1.90. The molecule has 2 nitrogen and oxygen atoms in total. The Kier molecular flexibility index (Phi) is 11.6. The molecule has 0 amide bonds. The second kappa shape index (κ2) is 9.66. The monoisotopic (exact) mass is 160 g/mol. The van der Waals surface area contributed by atoms with Crippen LogP contribution in [-0.2, 0) is 0 Å². The second-order valence-electron chi connectivity index (χ2n) is 2.52. The van der Waals surface area contributed by atoms with E-state index in [9.17, 15) is 0 Å². The summed E-state index contributed by atoms with van der Waals surface area (Å²) in [5, 5.41) is 16.0. The Labute approximate surface area is 69.6 Å². The number of allylic oxidation sites excluding steroid dienone is 2. The second-order valence-corrected chi connectivity index (χ2v) is 2.52. The summed E-state index contributed by atoms with van der Waals surface area (Å²) in [5.41, 5.74) is 1.47. The first-order valence-electron chi connectivity index (χ1n) is 3.99. The van der Waals surface area contributed by atoms with E-state index in [-0.39, 0.29) is 6.61 Å². The van der Waals surface area contributed by atoms with Crippen LogP contribution in [0.5, 0.6) is 0 Å². The van der Waals surface area contributed by atoms with Gasteiger partial charge < -0.3 is 10.2 Å². The molecule has 0 spiro atoms. The van der Waals surface area contributed by atoms with Gasteiger partial charge in [-0.2, -0.15) is 0 Å². The molecule has 0 radical (unpaired) electrons. The van der Waals surface area contributed by atoms with Gasteiger partial charge >= 0.3 is 0 Å². The van der Waals surface area contributed by atoms with Crippen molar-refractivity contribution in [3.63, 3.8) is 0 Å². The van der Waals surface area contributed by atoms with Gasteiger partial charge in [-0.15, -0.1) is 0 Å². The topological polar surface area (TPSA) is 40.5 Å². The van der Waals surface area contributed by atoms with Crippen LogP contribution in [0.15, 0.2) is 11.6 Å². The SMILES string of the molecule is CC(O)CO.CC=C(C)CC. The first kappa shape index (κ1) is 13.3. The van der Waals surface area contributed by atoms with Crippen molar-refractivity contribution in [1.29, 1.82) is 0 Å². The Bertz CT molecular complexity index is 95.7. The molecule has 0 aliphatic carbocycles. The third kappa shape index (κ3) is 17.7. The largest absolute Gasteiger partial charge is 0.394 e. The fourth-order valence-electron chi connectivity index (χ4n) is 0.204. The van der Waals surface area contributed by atoms with E-state index in [0.717, 1.165) is 0 Å². The van der Waals surface area contributed by atoms with Crippen LogP contribution < -0.4 is 0 Å². The van der Waals surface area contributed by atoms with Gasteiger partial charge in [0.1, 0.15) is 0 Å². The molecule has 0 bridgehead atoms. The van der Waals surface area contributed by atoms with E-state index in [1.807, 2.05) is 0 Å². The predicted octanol–water partition coefficient (Wildman–Crippen LogP) is 1.72. The molecule has 0 aliphatic rings. The maximum absolute atomic E-state index is 8.11. The molecule has 0 heterocycles. The Morgan fingerprint density at radius 1 is 1.55 bits per heavy atom. The zero-order valence-electron chi connectivity index (χ0n) is 7.96. The molecule has 0 saturated heterocycles. The fraction of sp³-hybridized carbons (Fsp3) is 0.778. The van der Waals surface area contributed by atoms with Crippen molar-refractivity contribution >= 4 is 0 Å². The van der Waals surface area contributed by atoms with Gasteiger partial charge in [0.25, 0.3) is 0 Å². The van der Waals surface area contributed by atoms with Crippen LogP contribution in [0.2, 0.25) is 0 Å². The van der Waals surface area contributed by atoms with Crippen LogP contribution in [-0.4, -0.2) is 22.9 Å². The number of hydrogen-bond acceptors (Lipinski definition) is 2. The number of rotatable bonds is 2. The predicted molar refractivity (Wildman–Crippen MR) is 48.5 cm³/mol.